The molecule has 14 nitrogen and oxygen atoms in total. The number of carboxylic acids is 2. The van der Waals surface area contributed by atoms with E-state index in [1.165, 1.54) is 6.92 Å². The molecule has 1 heterocycles. The number of nitrogens with two attached hydrogens (primary N) is 2. The van der Waals surface area contributed by atoms with E-state index in [1.807, 2.05) is 0 Å². The minimum atomic E-state index is -1.69. The zero-order valence-electron chi connectivity index (χ0n) is 17.5. The highest BCUT2D eigenvalue weighted by Crippen LogP contribution is 2.20. The molecule has 4 amide bonds. The lowest BCUT2D eigenvalue weighted by Crippen LogP contribution is -2.59. The number of carbonyl (C=O) groups excluding carboxylic acids is 4. The van der Waals surface area contributed by atoms with Crippen LogP contribution in [0.5, 0.6) is 0 Å². The van der Waals surface area contributed by atoms with Crippen LogP contribution in [0.15, 0.2) is 0 Å². The summed E-state index contributed by atoms with van der Waals surface area (Å²) in [6.07, 6.45) is -1.88. The van der Waals surface area contributed by atoms with Crippen LogP contribution in [0.1, 0.15) is 39.0 Å². The molecule has 1 rings (SSSR count). The van der Waals surface area contributed by atoms with E-state index in [-0.39, 0.29) is 25.8 Å². The van der Waals surface area contributed by atoms with E-state index in [9.17, 15) is 33.9 Å². The number of amides is 4. The maximum absolute atomic E-state index is 13.0. The predicted octanol–water partition coefficient (Wildman–Crippen LogP) is -3.52. The Morgan fingerprint density at radius 3 is 2.25 bits per heavy atom. The van der Waals surface area contributed by atoms with Crippen LogP contribution < -0.4 is 22.1 Å². The molecular weight excluding hydrogens is 430 g/mol. The van der Waals surface area contributed by atoms with E-state index in [1.54, 1.807) is 0 Å². The molecule has 0 aliphatic carbocycles. The molecule has 1 aliphatic heterocycles. The zero-order chi connectivity index (χ0) is 24.6. The second-order valence-corrected chi connectivity index (χ2v) is 7.53. The topological polar surface area (TPSA) is 242 Å². The van der Waals surface area contributed by atoms with E-state index in [0.29, 0.717) is 6.42 Å². The van der Waals surface area contributed by atoms with Crippen molar-refractivity contribution in [1.29, 1.82) is 0 Å². The van der Waals surface area contributed by atoms with Gasteiger partial charge in [-0.05, 0) is 26.2 Å². The molecule has 180 valence electrons. The number of aliphatic hydroxyl groups excluding tert-OH is 1. The molecule has 32 heavy (non-hydrogen) atoms. The molecule has 14 heteroatoms. The van der Waals surface area contributed by atoms with Gasteiger partial charge in [0.05, 0.1) is 18.6 Å². The van der Waals surface area contributed by atoms with Crippen molar-refractivity contribution >= 4 is 35.6 Å². The Labute approximate surface area is 183 Å². The second-order valence-electron chi connectivity index (χ2n) is 7.53. The molecule has 9 N–H and O–H groups in total. The summed E-state index contributed by atoms with van der Waals surface area (Å²) in [5.74, 6) is -6.10. The number of hydrogen-bond acceptors (Lipinski definition) is 8. The number of carboxylic acid groups (broad SMARTS) is 2. The third-order valence-electron chi connectivity index (χ3n) is 4.92. The van der Waals surface area contributed by atoms with Crippen molar-refractivity contribution < 1.29 is 44.1 Å². The Balaban J connectivity index is 2.90. The highest BCUT2D eigenvalue weighted by Gasteiger charge is 2.40. The fraction of sp³-hybridized carbons (Fsp3) is 0.667. The number of carbonyl (C=O) groups is 6. The average molecular weight is 459 g/mol. The quantitative estimate of drug-likeness (QED) is 0.152. The maximum atomic E-state index is 13.0. The number of nitrogens with one attached hydrogen (secondary N) is 2. The summed E-state index contributed by atoms with van der Waals surface area (Å²) >= 11 is 0. The van der Waals surface area contributed by atoms with Crippen LogP contribution in [0.3, 0.4) is 0 Å². The third-order valence-corrected chi connectivity index (χ3v) is 4.92. The fourth-order valence-corrected chi connectivity index (χ4v) is 3.20. The van der Waals surface area contributed by atoms with Gasteiger partial charge in [0.25, 0.3) is 0 Å². The number of rotatable bonds is 12. The number of nitrogens with zero attached hydrogens (tertiary/aromatic N) is 1. The first-order valence-corrected chi connectivity index (χ1v) is 9.92. The van der Waals surface area contributed by atoms with E-state index in [4.69, 9.17) is 21.7 Å². The lowest BCUT2D eigenvalue weighted by molar-refractivity contribution is -0.149. The monoisotopic (exact) mass is 459 g/mol. The van der Waals surface area contributed by atoms with Gasteiger partial charge in [-0.2, -0.15) is 0 Å². The molecule has 0 unspecified atom stereocenters. The van der Waals surface area contributed by atoms with Crippen LogP contribution in [-0.4, -0.2) is 92.6 Å². The highest BCUT2D eigenvalue weighted by atomic mass is 16.4. The van der Waals surface area contributed by atoms with E-state index >= 15 is 0 Å². The largest absolute Gasteiger partial charge is 0.481 e. The van der Waals surface area contributed by atoms with Gasteiger partial charge in [0.1, 0.15) is 18.1 Å². The van der Waals surface area contributed by atoms with Gasteiger partial charge in [-0.3, -0.25) is 24.0 Å². The lowest BCUT2D eigenvalue weighted by atomic mass is 10.1. The van der Waals surface area contributed by atoms with Gasteiger partial charge >= 0.3 is 11.9 Å². The van der Waals surface area contributed by atoms with Crippen LogP contribution in [0, 0.1) is 0 Å². The molecule has 0 aromatic heterocycles. The Kier molecular flexibility index (Phi) is 10.00. The highest BCUT2D eigenvalue weighted by molar-refractivity contribution is 5.95. The summed E-state index contributed by atoms with van der Waals surface area (Å²) in [7, 11) is 0. The Bertz CT molecular complexity index is 757. The van der Waals surface area contributed by atoms with Crippen molar-refractivity contribution in [2.75, 3.05) is 6.54 Å². The van der Waals surface area contributed by atoms with Crippen molar-refractivity contribution in [3.8, 4) is 0 Å². The van der Waals surface area contributed by atoms with E-state index in [2.05, 4.69) is 10.6 Å². The normalized spacial score (nSPS) is 19.3. The molecule has 5 atom stereocenters. The number of aliphatic hydroxyl groups is 1. The van der Waals surface area contributed by atoms with Crippen LogP contribution >= 0.6 is 0 Å². The Morgan fingerprint density at radius 1 is 1.12 bits per heavy atom. The SMILES string of the molecule is C[C@@H](O)[C@H](NC(=O)[C@@H](N)CCC(N)=O)C(=O)N1CCC[C@H]1C(=O)N[C@@H](CC(=O)O)C(=O)O. The van der Waals surface area contributed by atoms with Crippen LogP contribution in [0.2, 0.25) is 0 Å². The summed E-state index contributed by atoms with van der Waals surface area (Å²) < 4.78 is 0. The molecule has 0 aromatic rings. The first-order chi connectivity index (χ1) is 14.8. The zero-order valence-corrected chi connectivity index (χ0v) is 17.5. The third kappa shape index (κ3) is 7.77. The van der Waals surface area contributed by atoms with Gasteiger partial charge < -0.3 is 42.3 Å². The lowest BCUT2D eigenvalue weighted by Gasteiger charge is -2.31. The molecule has 0 saturated carbocycles. The minimum Gasteiger partial charge on any atom is -0.481 e. The van der Waals surface area contributed by atoms with Gasteiger partial charge in [0.15, 0.2) is 0 Å². The van der Waals surface area contributed by atoms with Crippen molar-refractivity contribution in [3.63, 3.8) is 0 Å². The number of hydrogen-bond donors (Lipinski definition) is 7. The standard InChI is InChI=1S/C18H29N5O9/c1-8(24)14(22-15(28)9(19)4-5-12(20)25)17(30)23-6-2-3-11(23)16(29)21-10(18(31)32)7-13(26)27/h8-11,14,24H,2-7,19H2,1H3,(H2,20,25)(H,21,29)(H,22,28)(H,26,27)(H,31,32)/t8-,9+,10+,11+,14+/m1/s1. The molecule has 0 radical (unpaired) electrons. The molecule has 1 aliphatic rings. The Morgan fingerprint density at radius 2 is 1.75 bits per heavy atom. The van der Waals surface area contributed by atoms with E-state index in [0.717, 1.165) is 4.90 Å². The second kappa shape index (κ2) is 12.0. The number of primary amides is 1. The first kappa shape index (κ1) is 26.8. The van der Waals surface area contributed by atoms with Crippen LogP contribution in [-0.2, 0) is 28.8 Å². The van der Waals surface area contributed by atoms with Crippen molar-refractivity contribution in [1.82, 2.24) is 15.5 Å². The summed E-state index contributed by atoms with van der Waals surface area (Å²) in [5, 5.41) is 32.3. The molecular formula is C18H29N5O9. The fourth-order valence-electron chi connectivity index (χ4n) is 3.20. The molecule has 1 fully saturated rings. The number of aliphatic carboxylic acids is 2. The van der Waals surface area contributed by atoms with E-state index < -0.39 is 72.3 Å². The minimum absolute atomic E-state index is 0.0726. The molecule has 0 spiro atoms. The van der Waals surface area contributed by atoms with Crippen molar-refractivity contribution in [2.24, 2.45) is 11.5 Å². The van der Waals surface area contributed by atoms with Crippen LogP contribution in [0.25, 0.3) is 0 Å². The average Bonchev–Trinajstić information content (AvgIpc) is 3.18. The van der Waals surface area contributed by atoms with Gasteiger partial charge in [-0.15, -0.1) is 0 Å². The van der Waals surface area contributed by atoms with Crippen LogP contribution in [0.4, 0.5) is 0 Å². The van der Waals surface area contributed by atoms with Gasteiger partial charge in [-0.1, -0.05) is 0 Å². The Hall–Kier alpha value is -3.26. The predicted molar refractivity (Wildman–Crippen MR) is 107 cm³/mol. The number of likely N-dealkylation sites (tertiary alicyclic amines) is 1. The molecule has 0 aromatic carbocycles. The van der Waals surface area contributed by atoms with Gasteiger partial charge in [0.2, 0.25) is 23.6 Å². The smallest absolute Gasteiger partial charge is 0.326 e. The first-order valence-electron chi connectivity index (χ1n) is 9.92. The van der Waals surface area contributed by atoms with Gasteiger partial charge in [-0.25, -0.2) is 4.79 Å². The summed E-state index contributed by atoms with van der Waals surface area (Å²) in [6.45, 7) is 1.34. The van der Waals surface area contributed by atoms with Crippen molar-refractivity contribution in [2.45, 2.75) is 69.3 Å². The van der Waals surface area contributed by atoms with Gasteiger partial charge in [0, 0.05) is 13.0 Å². The summed E-state index contributed by atoms with van der Waals surface area (Å²) in [4.78, 5) is 71.7. The summed E-state index contributed by atoms with van der Waals surface area (Å²) in [5.41, 5.74) is 10.7. The molecule has 1 saturated heterocycles. The molecule has 0 bridgehead atoms. The van der Waals surface area contributed by atoms with Crippen molar-refractivity contribution in [3.05, 3.63) is 0 Å². The summed E-state index contributed by atoms with van der Waals surface area (Å²) in [6, 6.07) is -5.42. The maximum Gasteiger partial charge on any atom is 0.326 e.